The fourth-order valence-electron chi connectivity index (χ4n) is 4.38. The zero-order chi connectivity index (χ0) is 15.9. The van der Waals surface area contributed by atoms with Gasteiger partial charge in [-0.3, -0.25) is 9.48 Å². The molecule has 2 unspecified atom stereocenters. The van der Waals surface area contributed by atoms with Crippen LogP contribution >= 0.6 is 12.4 Å². The van der Waals surface area contributed by atoms with Gasteiger partial charge in [0.15, 0.2) is 0 Å². The minimum Gasteiger partial charge on any atom is -0.347 e. The van der Waals surface area contributed by atoms with Crippen molar-refractivity contribution >= 4 is 18.3 Å². The van der Waals surface area contributed by atoms with E-state index < -0.39 is 0 Å². The van der Waals surface area contributed by atoms with Crippen LogP contribution in [-0.4, -0.2) is 27.8 Å². The van der Waals surface area contributed by atoms with Crippen LogP contribution in [0.5, 0.6) is 0 Å². The van der Waals surface area contributed by atoms with E-state index in [0.717, 1.165) is 18.5 Å². The molecule has 0 aromatic carbocycles. The second-order valence-electron chi connectivity index (χ2n) is 7.41. The second kappa shape index (κ2) is 7.22. The molecule has 3 rings (SSSR count). The highest BCUT2D eigenvalue weighted by Gasteiger charge is 2.40. The molecule has 6 heteroatoms. The van der Waals surface area contributed by atoms with E-state index in [1.54, 1.807) is 0 Å². The van der Waals surface area contributed by atoms with E-state index in [4.69, 9.17) is 5.73 Å². The van der Waals surface area contributed by atoms with Crippen LogP contribution in [0.2, 0.25) is 0 Å². The molecular formula is C17H29ClN4O. The Kier molecular flexibility index (Phi) is 5.74. The van der Waals surface area contributed by atoms with Crippen LogP contribution in [0.3, 0.4) is 0 Å². The van der Waals surface area contributed by atoms with Crippen LogP contribution in [0, 0.1) is 11.8 Å². The Labute approximate surface area is 144 Å². The summed E-state index contributed by atoms with van der Waals surface area (Å²) >= 11 is 0. The molecule has 3 N–H and O–H groups in total. The molecule has 2 atom stereocenters. The van der Waals surface area contributed by atoms with Crippen LogP contribution in [0.25, 0.3) is 0 Å². The van der Waals surface area contributed by atoms with E-state index in [0.29, 0.717) is 29.5 Å². The van der Waals surface area contributed by atoms with Gasteiger partial charge in [-0.15, -0.1) is 12.4 Å². The Morgan fingerprint density at radius 2 is 1.96 bits per heavy atom. The quantitative estimate of drug-likeness (QED) is 0.888. The molecule has 5 nitrogen and oxygen atoms in total. The van der Waals surface area contributed by atoms with Crippen molar-refractivity contribution in [2.45, 2.75) is 64.0 Å². The maximum absolute atomic E-state index is 12.6. The van der Waals surface area contributed by atoms with Gasteiger partial charge in [0.25, 0.3) is 5.91 Å². The van der Waals surface area contributed by atoms with Gasteiger partial charge in [-0.1, -0.05) is 20.3 Å². The van der Waals surface area contributed by atoms with Crippen molar-refractivity contribution in [2.75, 3.05) is 0 Å². The Balaban J connectivity index is 0.00000192. The van der Waals surface area contributed by atoms with E-state index in [1.807, 2.05) is 17.8 Å². The third-order valence-electron chi connectivity index (χ3n) is 5.41. The fourth-order valence-corrected chi connectivity index (χ4v) is 4.38. The first-order valence-electron chi connectivity index (χ1n) is 8.56. The largest absolute Gasteiger partial charge is 0.347 e. The summed E-state index contributed by atoms with van der Waals surface area (Å²) in [4.78, 5) is 12.6. The molecule has 0 radical (unpaired) electrons. The number of amides is 1. The first-order valence-corrected chi connectivity index (χ1v) is 8.56. The summed E-state index contributed by atoms with van der Waals surface area (Å²) in [6.07, 6.45) is 5.74. The van der Waals surface area contributed by atoms with Crippen molar-refractivity contribution in [2.24, 2.45) is 24.6 Å². The summed E-state index contributed by atoms with van der Waals surface area (Å²) in [5, 5.41) is 7.65. The molecule has 1 aromatic rings. The lowest BCUT2D eigenvalue weighted by molar-refractivity contribution is 0.0751. The maximum atomic E-state index is 12.6. The highest BCUT2D eigenvalue weighted by molar-refractivity contribution is 5.92. The van der Waals surface area contributed by atoms with Crippen molar-refractivity contribution in [1.29, 1.82) is 0 Å². The molecule has 2 bridgehead atoms. The molecule has 0 saturated heterocycles. The van der Waals surface area contributed by atoms with E-state index >= 15 is 0 Å². The summed E-state index contributed by atoms with van der Waals surface area (Å²) < 4.78 is 1.82. The normalized spacial score (nSPS) is 30.0. The Hall–Kier alpha value is -1.07. The lowest BCUT2D eigenvalue weighted by atomic mass is 9.67. The highest BCUT2D eigenvalue weighted by Crippen LogP contribution is 2.39. The predicted molar refractivity (Wildman–Crippen MR) is 93.8 cm³/mol. The summed E-state index contributed by atoms with van der Waals surface area (Å²) in [6, 6.07) is 2.51. The third kappa shape index (κ3) is 3.72. The molecule has 1 amide bonds. The summed E-state index contributed by atoms with van der Waals surface area (Å²) in [5.41, 5.74) is 7.79. The molecule has 2 aliphatic carbocycles. The Morgan fingerprint density at radius 3 is 2.48 bits per heavy atom. The monoisotopic (exact) mass is 340 g/mol. The van der Waals surface area contributed by atoms with Gasteiger partial charge < -0.3 is 11.1 Å². The van der Waals surface area contributed by atoms with Gasteiger partial charge in [0, 0.05) is 24.8 Å². The number of halogens is 1. The maximum Gasteiger partial charge on any atom is 0.272 e. The van der Waals surface area contributed by atoms with Gasteiger partial charge in [-0.05, 0) is 49.5 Å². The van der Waals surface area contributed by atoms with Crippen LogP contribution in [0.1, 0.15) is 68.1 Å². The van der Waals surface area contributed by atoms with E-state index in [2.05, 4.69) is 24.3 Å². The number of nitrogens with two attached hydrogens (primary N) is 1. The average molecular weight is 341 g/mol. The van der Waals surface area contributed by atoms with Crippen molar-refractivity contribution in [1.82, 2.24) is 15.1 Å². The number of hydrogen-bond donors (Lipinski definition) is 2. The van der Waals surface area contributed by atoms with Crippen LogP contribution < -0.4 is 11.1 Å². The summed E-state index contributed by atoms with van der Waals surface area (Å²) in [5.74, 6) is 1.42. The molecule has 2 aliphatic rings. The molecule has 0 spiro atoms. The van der Waals surface area contributed by atoms with Crippen LogP contribution in [-0.2, 0) is 7.05 Å². The lowest BCUT2D eigenvalue weighted by Gasteiger charge is -2.45. The van der Waals surface area contributed by atoms with Gasteiger partial charge in [0.05, 0.1) is 0 Å². The second-order valence-corrected chi connectivity index (χ2v) is 7.41. The van der Waals surface area contributed by atoms with E-state index in [-0.39, 0.29) is 24.4 Å². The van der Waals surface area contributed by atoms with Crippen LogP contribution in [0.4, 0.5) is 0 Å². The smallest absolute Gasteiger partial charge is 0.272 e. The number of rotatable bonds is 3. The first-order chi connectivity index (χ1) is 10.5. The molecule has 2 saturated carbocycles. The van der Waals surface area contributed by atoms with Gasteiger partial charge >= 0.3 is 0 Å². The van der Waals surface area contributed by atoms with Gasteiger partial charge in [0.1, 0.15) is 5.69 Å². The van der Waals surface area contributed by atoms with Crippen molar-refractivity contribution < 1.29 is 4.79 Å². The van der Waals surface area contributed by atoms with Crippen molar-refractivity contribution in [3.05, 3.63) is 17.5 Å². The average Bonchev–Trinajstić information content (AvgIpc) is 2.82. The standard InChI is InChI=1S/C17H28N4O.ClH/c1-10(2)15-9-14(20-21(15)3)17(22)19-16-11-5-4-6-12(16)8-13(18)7-11;/h9-13,16H,4-8,18H2,1-3H3,(H,19,22);1H. The van der Waals surface area contributed by atoms with Gasteiger partial charge in [-0.2, -0.15) is 5.10 Å². The zero-order valence-electron chi connectivity index (χ0n) is 14.3. The number of aromatic nitrogens is 2. The minimum atomic E-state index is -0.0279. The number of nitrogens with zero attached hydrogens (tertiary/aromatic N) is 2. The predicted octanol–water partition coefficient (Wildman–Crippen LogP) is 2.60. The first kappa shape index (κ1) is 18.3. The lowest BCUT2D eigenvalue weighted by Crippen LogP contribution is -2.53. The SMILES string of the molecule is CC(C)c1cc(C(=O)NC2C3CCCC2CC(N)C3)nn1C.Cl. The summed E-state index contributed by atoms with van der Waals surface area (Å²) in [7, 11) is 1.90. The number of carbonyl (C=O) groups excluding carboxylic acids is 1. The van der Waals surface area contributed by atoms with E-state index in [1.165, 1.54) is 19.3 Å². The highest BCUT2D eigenvalue weighted by atomic mass is 35.5. The van der Waals surface area contributed by atoms with Crippen molar-refractivity contribution in [3.8, 4) is 0 Å². The molecule has 1 aromatic heterocycles. The Morgan fingerprint density at radius 1 is 1.35 bits per heavy atom. The van der Waals surface area contributed by atoms with Crippen molar-refractivity contribution in [3.63, 3.8) is 0 Å². The minimum absolute atomic E-state index is 0. The molecule has 2 fully saturated rings. The number of aryl methyl sites for hydroxylation is 1. The van der Waals surface area contributed by atoms with Gasteiger partial charge in [0.2, 0.25) is 0 Å². The topological polar surface area (TPSA) is 72.9 Å². The summed E-state index contributed by atoms with van der Waals surface area (Å²) in [6.45, 7) is 4.23. The number of nitrogens with one attached hydrogen (secondary N) is 1. The van der Waals surface area contributed by atoms with Gasteiger partial charge in [-0.25, -0.2) is 0 Å². The zero-order valence-corrected chi connectivity index (χ0v) is 15.1. The third-order valence-corrected chi connectivity index (χ3v) is 5.41. The number of hydrogen-bond acceptors (Lipinski definition) is 3. The molecular weight excluding hydrogens is 312 g/mol. The Bertz CT molecular complexity index is 543. The van der Waals surface area contributed by atoms with Crippen LogP contribution in [0.15, 0.2) is 6.07 Å². The van der Waals surface area contributed by atoms with E-state index in [9.17, 15) is 4.79 Å². The molecule has 1 heterocycles. The molecule has 0 aliphatic heterocycles. The molecule has 23 heavy (non-hydrogen) atoms. The fraction of sp³-hybridized carbons (Fsp3) is 0.765. The number of carbonyl (C=O) groups is 1. The number of fused-ring (bicyclic) bond motifs is 2. The molecule has 130 valence electrons.